The summed E-state index contributed by atoms with van der Waals surface area (Å²) in [5.41, 5.74) is 2.06. The topological polar surface area (TPSA) is 49.8 Å². The SMILES string of the molecule is COc1ccccc1C(c1ccccc1Cl)N1CCC(C(=O)O)CC1. The van der Waals surface area contributed by atoms with E-state index in [0.29, 0.717) is 31.0 Å². The van der Waals surface area contributed by atoms with Crippen LogP contribution in [0.15, 0.2) is 48.5 Å². The quantitative estimate of drug-likeness (QED) is 0.867. The number of likely N-dealkylation sites (tertiary alicyclic amines) is 1. The van der Waals surface area contributed by atoms with Gasteiger partial charge in [-0.2, -0.15) is 0 Å². The standard InChI is InChI=1S/C20H22ClNO3/c1-25-18-9-5-3-7-16(18)19(15-6-2-4-8-17(15)21)22-12-10-14(11-13-22)20(23)24/h2-9,14,19H,10-13H2,1H3,(H,23,24). The molecule has 132 valence electrons. The zero-order valence-corrected chi connectivity index (χ0v) is 14.9. The second-order valence-corrected chi connectivity index (χ2v) is 6.72. The number of carbonyl (C=O) groups is 1. The Hall–Kier alpha value is -2.04. The molecule has 0 aromatic heterocycles. The van der Waals surface area contributed by atoms with E-state index in [2.05, 4.69) is 11.0 Å². The fraction of sp³-hybridized carbons (Fsp3) is 0.350. The number of rotatable bonds is 5. The highest BCUT2D eigenvalue weighted by Gasteiger charge is 2.32. The van der Waals surface area contributed by atoms with E-state index in [0.717, 1.165) is 16.9 Å². The minimum Gasteiger partial charge on any atom is -0.496 e. The molecule has 1 fully saturated rings. The lowest BCUT2D eigenvalue weighted by atomic mass is 9.91. The van der Waals surface area contributed by atoms with Crippen LogP contribution in [0.5, 0.6) is 5.75 Å². The first-order valence-electron chi connectivity index (χ1n) is 8.46. The lowest BCUT2D eigenvalue weighted by molar-refractivity contribution is -0.143. The van der Waals surface area contributed by atoms with Gasteiger partial charge in [0.2, 0.25) is 0 Å². The van der Waals surface area contributed by atoms with Crippen molar-refractivity contribution in [1.29, 1.82) is 0 Å². The molecule has 1 aliphatic rings. The van der Waals surface area contributed by atoms with Crippen LogP contribution in [0.1, 0.15) is 30.0 Å². The molecule has 3 rings (SSSR count). The number of hydrogen-bond acceptors (Lipinski definition) is 3. The molecule has 1 atom stereocenters. The van der Waals surface area contributed by atoms with Gasteiger partial charge in [-0.25, -0.2) is 0 Å². The molecular weight excluding hydrogens is 338 g/mol. The first-order valence-corrected chi connectivity index (χ1v) is 8.83. The highest BCUT2D eigenvalue weighted by molar-refractivity contribution is 6.31. The Morgan fingerprint density at radius 3 is 2.32 bits per heavy atom. The van der Waals surface area contributed by atoms with E-state index in [4.69, 9.17) is 16.3 Å². The average Bonchev–Trinajstić information content (AvgIpc) is 2.64. The van der Waals surface area contributed by atoms with E-state index >= 15 is 0 Å². The smallest absolute Gasteiger partial charge is 0.306 e. The molecule has 1 unspecified atom stereocenters. The zero-order valence-electron chi connectivity index (χ0n) is 14.2. The third-order valence-corrected chi connectivity index (χ3v) is 5.22. The Morgan fingerprint density at radius 1 is 1.12 bits per heavy atom. The molecule has 25 heavy (non-hydrogen) atoms. The number of ether oxygens (including phenoxy) is 1. The van der Waals surface area contributed by atoms with E-state index in [9.17, 15) is 9.90 Å². The number of halogens is 1. The lowest BCUT2D eigenvalue weighted by Crippen LogP contribution is -2.39. The van der Waals surface area contributed by atoms with Crippen LogP contribution in [0.2, 0.25) is 5.02 Å². The van der Waals surface area contributed by atoms with Crippen LogP contribution >= 0.6 is 11.6 Å². The third-order valence-electron chi connectivity index (χ3n) is 4.88. The molecule has 1 aliphatic heterocycles. The number of benzene rings is 2. The first kappa shape index (κ1) is 17.8. The van der Waals surface area contributed by atoms with E-state index in [-0.39, 0.29) is 12.0 Å². The van der Waals surface area contributed by atoms with Gasteiger partial charge in [-0.15, -0.1) is 0 Å². The Bertz CT molecular complexity index is 741. The van der Waals surface area contributed by atoms with Crippen LogP contribution in [0, 0.1) is 5.92 Å². The van der Waals surface area contributed by atoms with Crippen molar-refractivity contribution < 1.29 is 14.6 Å². The minimum absolute atomic E-state index is 0.0559. The summed E-state index contributed by atoms with van der Waals surface area (Å²) in [5.74, 6) is -0.153. The zero-order chi connectivity index (χ0) is 17.8. The van der Waals surface area contributed by atoms with Crippen LogP contribution in [-0.4, -0.2) is 36.2 Å². The number of hydrogen-bond donors (Lipinski definition) is 1. The summed E-state index contributed by atoms with van der Waals surface area (Å²) in [6.45, 7) is 1.43. The second kappa shape index (κ2) is 7.89. The summed E-state index contributed by atoms with van der Waals surface area (Å²) < 4.78 is 5.57. The predicted octanol–water partition coefficient (Wildman–Crippen LogP) is 4.23. The van der Waals surface area contributed by atoms with Gasteiger partial charge in [-0.1, -0.05) is 48.0 Å². The largest absolute Gasteiger partial charge is 0.496 e. The normalized spacial score (nSPS) is 17.2. The van der Waals surface area contributed by atoms with Crippen molar-refractivity contribution in [2.45, 2.75) is 18.9 Å². The Kier molecular flexibility index (Phi) is 5.61. The molecule has 1 N–H and O–H groups in total. The molecule has 0 bridgehead atoms. The van der Waals surface area contributed by atoms with Crippen molar-refractivity contribution in [3.63, 3.8) is 0 Å². The Labute approximate surface area is 153 Å². The average molecular weight is 360 g/mol. The first-order chi connectivity index (χ1) is 12.1. The Morgan fingerprint density at radius 2 is 1.72 bits per heavy atom. The lowest BCUT2D eigenvalue weighted by Gasteiger charge is -2.37. The number of carboxylic acid groups (broad SMARTS) is 1. The molecule has 2 aromatic carbocycles. The fourth-order valence-electron chi connectivity index (χ4n) is 3.55. The van der Waals surface area contributed by atoms with Gasteiger partial charge in [0, 0.05) is 10.6 Å². The Balaban J connectivity index is 1.99. The third kappa shape index (κ3) is 3.80. The second-order valence-electron chi connectivity index (χ2n) is 6.31. The van der Waals surface area contributed by atoms with Crippen LogP contribution in [0.25, 0.3) is 0 Å². The molecular formula is C20H22ClNO3. The number of aliphatic carboxylic acids is 1. The summed E-state index contributed by atoms with van der Waals surface area (Å²) in [4.78, 5) is 13.6. The van der Waals surface area contributed by atoms with Crippen LogP contribution in [0.3, 0.4) is 0 Å². The molecule has 0 saturated carbocycles. The van der Waals surface area contributed by atoms with Crippen molar-refractivity contribution in [1.82, 2.24) is 4.90 Å². The number of nitrogens with zero attached hydrogens (tertiary/aromatic N) is 1. The van der Waals surface area contributed by atoms with Gasteiger partial charge in [0.05, 0.1) is 19.1 Å². The maximum atomic E-state index is 11.3. The van der Waals surface area contributed by atoms with Gasteiger partial charge in [-0.3, -0.25) is 9.69 Å². The van der Waals surface area contributed by atoms with Crippen molar-refractivity contribution in [2.75, 3.05) is 20.2 Å². The van der Waals surface area contributed by atoms with E-state index < -0.39 is 5.97 Å². The molecule has 5 heteroatoms. The van der Waals surface area contributed by atoms with Crippen molar-refractivity contribution in [2.24, 2.45) is 5.92 Å². The molecule has 1 saturated heterocycles. The van der Waals surface area contributed by atoms with E-state index in [1.165, 1.54) is 0 Å². The summed E-state index contributed by atoms with van der Waals surface area (Å²) >= 11 is 6.50. The van der Waals surface area contributed by atoms with Gasteiger partial charge in [0.15, 0.2) is 0 Å². The number of carboxylic acids is 1. The van der Waals surface area contributed by atoms with Gasteiger partial charge in [0.25, 0.3) is 0 Å². The minimum atomic E-state index is -0.703. The number of para-hydroxylation sites is 1. The molecule has 0 radical (unpaired) electrons. The molecule has 0 aliphatic carbocycles. The van der Waals surface area contributed by atoms with Gasteiger partial charge in [0.1, 0.15) is 5.75 Å². The van der Waals surface area contributed by atoms with Crippen molar-refractivity contribution >= 4 is 17.6 Å². The molecule has 4 nitrogen and oxygen atoms in total. The molecule has 0 amide bonds. The van der Waals surface area contributed by atoms with Gasteiger partial charge in [-0.05, 0) is 43.6 Å². The van der Waals surface area contributed by atoms with E-state index in [1.807, 2.05) is 42.5 Å². The highest BCUT2D eigenvalue weighted by atomic mass is 35.5. The maximum Gasteiger partial charge on any atom is 0.306 e. The summed E-state index contributed by atoms with van der Waals surface area (Å²) in [7, 11) is 1.67. The summed E-state index contributed by atoms with van der Waals surface area (Å²) in [5, 5.41) is 9.97. The number of piperidine rings is 1. The molecule has 0 spiro atoms. The van der Waals surface area contributed by atoms with Crippen LogP contribution < -0.4 is 4.74 Å². The van der Waals surface area contributed by atoms with E-state index in [1.54, 1.807) is 7.11 Å². The van der Waals surface area contributed by atoms with Crippen molar-refractivity contribution in [3.05, 3.63) is 64.7 Å². The van der Waals surface area contributed by atoms with Crippen LogP contribution in [0.4, 0.5) is 0 Å². The predicted molar refractivity (Wildman–Crippen MR) is 98.2 cm³/mol. The fourth-order valence-corrected chi connectivity index (χ4v) is 3.79. The highest BCUT2D eigenvalue weighted by Crippen LogP contribution is 2.39. The molecule has 2 aromatic rings. The summed E-state index contributed by atoms with van der Waals surface area (Å²) in [6, 6.07) is 15.7. The van der Waals surface area contributed by atoms with Gasteiger partial charge < -0.3 is 9.84 Å². The van der Waals surface area contributed by atoms with Gasteiger partial charge >= 0.3 is 5.97 Å². The van der Waals surface area contributed by atoms with Crippen molar-refractivity contribution in [3.8, 4) is 5.75 Å². The number of methoxy groups -OCH3 is 1. The maximum absolute atomic E-state index is 11.3. The molecule has 1 heterocycles. The summed E-state index contributed by atoms with van der Waals surface area (Å²) in [6.07, 6.45) is 1.29. The monoisotopic (exact) mass is 359 g/mol. The van der Waals surface area contributed by atoms with Crippen LogP contribution in [-0.2, 0) is 4.79 Å².